The summed E-state index contributed by atoms with van der Waals surface area (Å²) in [5, 5.41) is 4.72. The number of benzene rings is 2. The molecular weight excluding hydrogens is 460 g/mol. The Bertz CT molecular complexity index is 996. The van der Waals surface area contributed by atoms with E-state index >= 15 is 0 Å². The van der Waals surface area contributed by atoms with Crippen molar-refractivity contribution in [3.63, 3.8) is 0 Å². The van der Waals surface area contributed by atoms with E-state index in [4.69, 9.17) is 9.72 Å². The van der Waals surface area contributed by atoms with Crippen molar-refractivity contribution < 1.29 is 4.74 Å². The van der Waals surface area contributed by atoms with Gasteiger partial charge in [-0.1, -0.05) is 80.2 Å². The second-order valence-corrected chi connectivity index (χ2v) is 8.54. The monoisotopic (exact) mass is 496 g/mol. The Morgan fingerprint density at radius 2 is 1.75 bits per heavy atom. The van der Waals surface area contributed by atoms with E-state index in [0.717, 1.165) is 58.3 Å². The molecule has 0 bridgehead atoms. The van der Waals surface area contributed by atoms with E-state index in [9.17, 15) is 0 Å². The molecule has 0 atom stereocenters. The molecule has 172 valence electrons. The second-order valence-electron chi connectivity index (χ2n) is 7.62. The van der Waals surface area contributed by atoms with Gasteiger partial charge in [0.25, 0.3) is 0 Å². The zero-order valence-corrected chi connectivity index (χ0v) is 21.8. The highest BCUT2D eigenvalue weighted by atomic mass is 79.9. The van der Waals surface area contributed by atoms with Crippen molar-refractivity contribution in [2.45, 2.75) is 66.3 Å². The largest absolute Gasteiger partial charge is 0.497 e. The summed E-state index contributed by atoms with van der Waals surface area (Å²) in [5.74, 6) is 1.81. The first-order valence-electron chi connectivity index (χ1n) is 11.8. The number of ether oxygens (including phenoxy) is 1. The lowest BCUT2D eigenvalue weighted by Crippen LogP contribution is -2.04. The van der Waals surface area contributed by atoms with Gasteiger partial charge in [-0.05, 0) is 61.2 Å². The van der Waals surface area contributed by atoms with Gasteiger partial charge in [0.15, 0.2) is 0 Å². The van der Waals surface area contributed by atoms with Gasteiger partial charge in [0.2, 0.25) is 0 Å². The molecule has 3 aromatic rings. The molecule has 0 spiro atoms. The lowest BCUT2D eigenvalue weighted by molar-refractivity contribution is 0.414. The molecule has 1 aromatic heterocycles. The fourth-order valence-electron chi connectivity index (χ4n) is 3.56. The van der Waals surface area contributed by atoms with Gasteiger partial charge < -0.3 is 10.1 Å². The van der Waals surface area contributed by atoms with Crippen LogP contribution in [0.15, 0.2) is 58.6 Å². The van der Waals surface area contributed by atoms with Gasteiger partial charge in [0.1, 0.15) is 11.6 Å². The highest BCUT2D eigenvalue weighted by molar-refractivity contribution is 9.10. The van der Waals surface area contributed by atoms with E-state index in [1.165, 1.54) is 24.0 Å². The third-order valence-corrected chi connectivity index (χ3v) is 5.70. The Morgan fingerprint density at radius 3 is 2.41 bits per heavy atom. The maximum Gasteiger partial charge on any atom is 0.134 e. The number of rotatable bonds is 10. The third-order valence-electron chi connectivity index (χ3n) is 5.21. The summed E-state index contributed by atoms with van der Waals surface area (Å²) in [6, 6.07) is 16.7. The number of nitrogens with one attached hydrogen (secondary N) is 1. The van der Waals surface area contributed by atoms with Crippen LogP contribution in [0.25, 0.3) is 17.0 Å². The quantitative estimate of drug-likeness (QED) is 0.303. The molecule has 0 unspecified atom stereocenters. The van der Waals surface area contributed by atoms with Crippen molar-refractivity contribution in [1.29, 1.82) is 0 Å². The summed E-state index contributed by atoms with van der Waals surface area (Å²) < 4.78 is 6.34. The minimum atomic E-state index is 0.720. The molecule has 0 fully saturated rings. The maximum atomic E-state index is 5.26. The van der Waals surface area contributed by atoms with Gasteiger partial charge in [-0.2, -0.15) is 0 Å². The van der Waals surface area contributed by atoms with Crippen LogP contribution < -0.4 is 10.1 Å². The predicted molar refractivity (Wildman–Crippen MR) is 144 cm³/mol. The standard InChI is InChI=1S/C26H31BrN2O.C2H6/c1-4-6-8-19(7-5-2)15-22-16-21-17-23(27)11-14-25(21)29-26(22)28-18-20-9-12-24(30-3)13-10-20;1-2/h9-17H,4-8,18H2,1-3H3,(H,28,29);1-2H3/b19-15-;. The Morgan fingerprint density at radius 1 is 1.00 bits per heavy atom. The molecule has 0 saturated carbocycles. The number of allylic oxidation sites excluding steroid dienone is 1. The number of hydrogen-bond donors (Lipinski definition) is 1. The van der Waals surface area contributed by atoms with E-state index < -0.39 is 0 Å². The van der Waals surface area contributed by atoms with Crippen molar-refractivity contribution in [3.8, 4) is 5.75 Å². The van der Waals surface area contributed by atoms with Gasteiger partial charge in [-0.25, -0.2) is 4.98 Å². The molecule has 0 aliphatic rings. The minimum Gasteiger partial charge on any atom is -0.497 e. The predicted octanol–water partition coefficient (Wildman–Crippen LogP) is 9.02. The van der Waals surface area contributed by atoms with Crippen LogP contribution in [-0.2, 0) is 6.54 Å². The Kier molecular flexibility index (Phi) is 11.3. The number of nitrogens with zero attached hydrogens (tertiary/aromatic N) is 1. The average molecular weight is 498 g/mol. The summed E-state index contributed by atoms with van der Waals surface area (Å²) in [5.41, 5.74) is 4.86. The van der Waals surface area contributed by atoms with Gasteiger partial charge >= 0.3 is 0 Å². The topological polar surface area (TPSA) is 34.2 Å². The van der Waals surface area contributed by atoms with Crippen LogP contribution in [0.1, 0.15) is 70.9 Å². The van der Waals surface area contributed by atoms with E-state index in [0.29, 0.717) is 0 Å². The number of hydrogen-bond acceptors (Lipinski definition) is 3. The van der Waals surface area contributed by atoms with Crippen LogP contribution in [0, 0.1) is 0 Å². The number of fused-ring (bicyclic) bond motifs is 1. The molecule has 0 radical (unpaired) electrons. The summed E-state index contributed by atoms with van der Waals surface area (Å²) >= 11 is 3.59. The van der Waals surface area contributed by atoms with Crippen LogP contribution in [0.2, 0.25) is 0 Å². The van der Waals surface area contributed by atoms with Crippen LogP contribution in [0.3, 0.4) is 0 Å². The zero-order valence-electron chi connectivity index (χ0n) is 20.2. The lowest BCUT2D eigenvalue weighted by atomic mass is 10.0. The molecule has 3 nitrogen and oxygen atoms in total. The minimum absolute atomic E-state index is 0.720. The van der Waals surface area contributed by atoms with E-state index in [2.05, 4.69) is 71.5 Å². The van der Waals surface area contributed by atoms with Crippen LogP contribution in [-0.4, -0.2) is 12.1 Å². The van der Waals surface area contributed by atoms with Crippen LogP contribution in [0.5, 0.6) is 5.75 Å². The summed E-state index contributed by atoms with van der Waals surface area (Å²) in [6.45, 7) is 9.22. The zero-order chi connectivity index (χ0) is 23.3. The molecule has 0 aliphatic carbocycles. The van der Waals surface area contributed by atoms with Crippen LogP contribution >= 0.6 is 15.9 Å². The van der Waals surface area contributed by atoms with Crippen molar-refractivity contribution in [2.24, 2.45) is 0 Å². The van der Waals surface area contributed by atoms with Crippen molar-refractivity contribution in [1.82, 2.24) is 4.98 Å². The molecule has 0 amide bonds. The average Bonchev–Trinajstić information content (AvgIpc) is 2.83. The fourth-order valence-corrected chi connectivity index (χ4v) is 3.94. The molecule has 3 rings (SSSR count). The second kappa shape index (κ2) is 13.9. The molecule has 4 heteroatoms. The molecule has 32 heavy (non-hydrogen) atoms. The normalized spacial score (nSPS) is 11.1. The molecule has 0 aliphatic heterocycles. The van der Waals surface area contributed by atoms with Gasteiger partial charge in [-0.3, -0.25) is 0 Å². The first-order chi connectivity index (χ1) is 15.6. The van der Waals surface area contributed by atoms with Crippen LogP contribution in [0.4, 0.5) is 5.82 Å². The number of methoxy groups -OCH3 is 1. The number of pyridine rings is 1. The number of anilines is 1. The molecule has 1 N–H and O–H groups in total. The molecule has 0 saturated heterocycles. The molecular formula is C28H37BrN2O. The highest BCUT2D eigenvalue weighted by Gasteiger charge is 2.08. The first-order valence-corrected chi connectivity index (χ1v) is 12.6. The summed E-state index contributed by atoms with van der Waals surface area (Å²) in [4.78, 5) is 4.96. The highest BCUT2D eigenvalue weighted by Crippen LogP contribution is 2.28. The van der Waals surface area contributed by atoms with Gasteiger partial charge in [0.05, 0.1) is 12.6 Å². The van der Waals surface area contributed by atoms with E-state index in [1.54, 1.807) is 7.11 Å². The Hall–Kier alpha value is -2.33. The van der Waals surface area contributed by atoms with Crippen molar-refractivity contribution in [2.75, 3.05) is 12.4 Å². The third kappa shape index (κ3) is 7.67. The summed E-state index contributed by atoms with van der Waals surface area (Å²) in [6.07, 6.45) is 8.24. The smallest absolute Gasteiger partial charge is 0.134 e. The van der Waals surface area contributed by atoms with Gasteiger partial charge in [-0.15, -0.1) is 0 Å². The number of unbranched alkanes of at least 4 members (excludes halogenated alkanes) is 1. The summed E-state index contributed by atoms with van der Waals surface area (Å²) in [7, 11) is 1.69. The maximum absolute atomic E-state index is 5.26. The lowest BCUT2D eigenvalue weighted by Gasteiger charge is -2.13. The van der Waals surface area contributed by atoms with E-state index in [-0.39, 0.29) is 0 Å². The van der Waals surface area contributed by atoms with Gasteiger partial charge in [0, 0.05) is 22.0 Å². The van der Waals surface area contributed by atoms with Crippen molar-refractivity contribution >= 4 is 38.7 Å². The first kappa shape index (κ1) is 25.9. The fraction of sp³-hybridized carbons (Fsp3) is 0.393. The number of aromatic nitrogens is 1. The molecule has 2 aromatic carbocycles. The Balaban J connectivity index is 0.00000176. The SMILES string of the molecule is CC.CCCC/C(=C\c1cc2cc(Br)ccc2nc1NCc1ccc(OC)cc1)CCC. The van der Waals surface area contributed by atoms with Crippen molar-refractivity contribution in [3.05, 3.63) is 69.7 Å². The van der Waals surface area contributed by atoms with E-state index in [1.807, 2.05) is 32.0 Å². The number of halogens is 1. The Labute approximate surface area is 202 Å². The molecule has 1 heterocycles.